The number of pyridine rings is 1. The van der Waals surface area contributed by atoms with Gasteiger partial charge in [-0.3, -0.25) is 14.6 Å². The molecule has 7 nitrogen and oxygen atoms in total. The second-order valence-corrected chi connectivity index (χ2v) is 6.73. The monoisotopic (exact) mass is 347 g/mol. The Kier molecular flexibility index (Phi) is 5.99. The number of rotatable bonds is 7. The molecule has 1 saturated carbocycles. The molecule has 2 heterocycles. The fourth-order valence-corrected chi connectivity index (χ4v) is 3.11. The summed E-state index contributed by atoms with van der Waals surface area (Å²) >= 11 is 0. The predicted molar refractivity (Wildman–Crippen MR) is 90.8 cm³/mol. The Morgan fingerprint density at radius 2 is 1.96 bits per heavy atom. The molecule has 2 fully saturated rings. The number of amides is 2. The highest BCUT2D eigenvalue weighted by Crippen LogP contribution is 2.28. The lowest BCUT2D eigenvalue weighted by Gasteiger charge is -2.36. The lowest BCUT2D eigenvalue weighted by Crippen LogP contribution is -2.51. The molecule has 3 rings (SSSR count). The SMILES string of the molecule is O=C(N[C@H]1CC[C@H](CCNC(=O)C2CC2)O[C@@H]1CO)c1ccncc1. The van der Waals surface area contributed by atoms with Gasteiger partial charge in [-0.2, -0.15) is 0 Å². The first-order valence-electron chi connectivity index (χ1n) is 8.92. The third-order valence-corrected chi connectivity index (χ3v) is 4.77. The summed E-state index contributed by atoms with van der Waals surface area (Å²) in [5.74, 6) is 0.159. The van der Waals surface area contributed by atoms with E-state index in [0.717, 1.165) is 32.1 Å². The number of ether oxygens (including phenoxy) is 1. The Balaban J connectivity index is 1.44. The Morgan fingerprint density at radius 3 is 2.64 bits per heavy atom. The molecule has 0 aromatic carbocycles. The molecule has 25 heavy (non-hydrogen) atoms. The van der Waals surface area contributed by atoms with Gasteiger partial charge in [0.15, 0.2) is 0 Å². The highest BCUT2D eigenvalue weighted by atomic mass is 16.5. The van der Waals surface area contributed by atoms with Crippen LogP contribution in [0.2, 0.25) is 0 Å². The summed E-state index contributed by atoms with van der Waals surface area (Å²) < 4.78 is 5.91. The first kappa shape index (κ1) is 17.8. The van der Waals surface area contributed by atoms with Crippen LogP contribution >= 0.6 is 0 Å². The molecule has 1 aromatic heterocycles. The molecule has 2 amide bonds. The van der Waals surface area contributed by atoms with Crippen molar-refractivity contribution in [3.8, 4) is 0 Å². The number of aliphatic hydroxyl groups excluding tert-OH is 1. The highest BCUT2D eigenvalue weighted by molar-refractivity contribution is 5.94. The van der Waals surface area contributed by atoms with Crippen molar-refractivity contribution in [1.29, 1.82) is 0 Å². The number of nitrogens with zero attached hydrogens (tertiary/aromatic N) is 1. The fraction of sp³-hybridized carbons (Fsp3) is 0.611. The van der Waals surface area contributed by atoms with Crippen molar-refractivity contribution in [2.45, 2.75) is 50.4 Å². The van der Waals surface area contributed by atoms with Gasteiger partial charge in [0.25, 0.3) is 5.91 Å². The van der Waals surface area contributed by atoms with Gasteiger partial charge >= 0.3 is 0 Å². The molecule has 3 N–H and O–H groups in total. The number of nitrogens with one attached hydrogen (secondary N) is 2. The smallest absolute Gasteiger partial charge is 0.251 e. The number of hydrogen-bond donors (Lipinski definition) is 3. The molecule has 3 atom stereocenters. The Hall–Kier alpha value is -1.99. The average Bonchev–Trinajstić information content (AvgIpc) is 3.48. The third-order valence-electron chi connectivity index (χ3n) is 4.77. The molecular weight excluding hydrogens is 322 g/mol. The van der Waals surface area contributed by atoms with Gasteiger partial charge in [0.1, 0.15) is 6.10 Å². The van der Waals surface area contributed by atoms with Crippen molar-refractivity contribution >= 4 is 11.8 Å². The van der Waals surface area contributed by atoms with E-state index in [4.69, 9.17) is 4.74 Å². The molecule has 0 bridgehead atoms. The summed E-state index contributed by atoms with van der Waals surface area (Å²) in [7, 11) is 0. The van der Waals surface area contributed by atoms with Crippen LogP contribution in [-0.2, 0) is 9.53 Å². The van der Waals surface area contributed by atoms with Crippen LogP contribution in [0.15, 0.2) is 24.5 Å². The van der Waals surface area contributed by atoms with Crippen molar-refractivity contribution in [1.82, 2.24) is 15.6 Å². The van der Waals surface area contributed by atoms with Crippen LogP contribution in [0.5, 0.6) is 0 Å². The van der Waals surface area contributed by atoms with Crippen LogP contribution in [0.25, 0.3) is 0 Å². The van der Waals surface area contributed by atoms with Crippen molar-refractivity contribution in [2.75, 3.05) is 13.2 Å². The molecule has 0 radical (unpaired) electrons. The molecule has 0 unspecified atom stereocenters. The van der Waals surface area contributed by atoms with Gasteiger partial charge in [0.2, 0.25) is 5.91 Å². The maximum Gasteiger partial charge on any atom is 0.251 e. The third kappa shape index (κ3) is 4.99. The zero-order valence-electron chi connectivity index (χ0n) is 14.2. The van der Waals surface area contributed by atoms with Gasteiger partial charge in [-0.1, -0.05) is 0 Å². The molecule has 7 heteroatoms. The molecule has 1 aliphatic heterocycles. The van der Waals surface area contributed by atoms with Crippen molar-refractivity contribution in [3.63, 3.8) is 0 Å². The number of carbonyl (C=O) groups is 2. The predicted octanol–water partition coefficient (Wildman–Crippen LogP) is 0.636. The maximum atomic E-state index is 12.2. The van der Waals surface area contributed by atoms with E-state index < -0.39 is 6.10 Å². The topological polar surface area (TPSA) is 101 Å². The van der Waals surface area contributed by atoms with Gasteiger partial charge in [-0.15, -0.1) is 0 Å². The first-order chi connectivity index (χ1) is 12.2. The standard InChI is InChI=1S/C18H25N3O4/c22-11-16-15(21-18(24)13-5-8-19-9-6-13)4-3-14(25-16)7-10-20-17(23)12-1-2-12/h5-6,8-9,12,14-16,22H,1-4,7,10-11H2,(H,20,23)(H,21,24)/t14-,15+,16-/m1/s1. The number of aromatic nitrogens is 1. The van der Waals surface area contributed by atoms with Gasteiger partial charge in [-0.05, 0) is 44.2 Å². The van der Waals surface area contributed by atoms with E-state index in [1.54, 1.807) is 24.5 Å². The maximum absolute atomic E-state index is 12.2. The van der Waals surface area contributed by atoms with Crippen molar-refractivity contribution < 1.29 is 19.4 Å². The van der Waals surface area contributed by atoms with Crippen LogP contribution in [0.3, 0.4) is 0 Å². The van der Waals surface area contributed by atoms with Crippen molar-refractivity contribution in [3.05, 3.63) is 30.1 Å². The highest BCUT2D eigenvalue weighted by Gasteiger charge is 2.33. The van der Waals surface area contributed by atoms with Crippen LogP contribution in [-0.4, -0.2) is 53.3 Å². The van der Waals surface area contributed by atoms with E-state index in [1.807, 2.05) is 0 Å². The normalized spacial score (nSPS) is 26.0. The van der Waals surface area contributed by atoms with Crippen LogP contribution in [0.4, 0.5) is 0 Å². The lowest BCUT2D eigenvalue weighted by atomic mass is 9.96. The zero-order valence-corrected chi connectivity index (χ0v) is 14.2. The van der Waals surface area contributed by atoms with Gasteiger partial charge < -0.3 is 20.5 Å². The average molecular weight is 347 g/mol. The second kappa shape index (κ2) is 8.40. The molecule has 1 aromatic rings. The Bertz CT molecular complexity index is 591. The second-order valence-electron chi connectivity index (χ2n) is 6.73. The minimum Gasteiger partial charge on any atom is -0.394 e. The molecule has 2 aliphatic rings. The van der Waals surface area contributed by atoms with Crippen LogP contribution in [0.1, 0.15) is 42.5 Å². The molecule has 136 valence electrons. The van der Waals surface area contributed by atoms with E-state index in [9.17, 15) is 14.7 Å². The molecule has 0 spiro atoms. The van der Waals surface area contributed by atoms with E-state index in [-0.39, 0.29) is 36.5 Å². The van der Waals surface area contributed by atoms with Crippen LogP contribution < -0.4 is 10.6 Å². The summed E-state index contributed by atoms with van der Waals surface area (Å²) in [5.41, 5.74) is 0.539. The molecule has 1 aliphatic carbocycles. The lowest BCUT2D eigenvalue weighted by molar-refractivity contribution is -0.122. The number of hydrogen-bond acceptors (Lipinski definition) is 5. The molecule has 1 saturated heterocycles. The Labute approximate surface area is 147 Å². The molecular formula is C18H25N3O4. The van der Waals surface area contributed by atoms with Gasteiger partial charge in [-0.25, -0.2) is 0 Å². The van der Waals surface area contributed by atoms with Gasteiger partial charge in [0, 0.05) is 30.4 Å². The minimum atomic E-state index is -0.427. The number of carbonyl (C=O) groups excluding carboxylic acids is 2. The minimum absolute atomic E-state index is 0.00858. The first-order valence-corrected chi connectivity index (χ1v) is 8.92. The summed E-state index contributed by atoms with van der Waals surface area (Å²) in [6.45, 7) is 0.443. The van der Waals surface area contributed by atoms with E-state index in [0.29, 0.717) is 12.1 Å². The van der Waals surface area contributed by atoms with E-state index in [2.05, 4.69) is 15.6 Å². The van der Waals surface area contributed by atoms with Crippen molar-refractivity contribution in [2.24, 2.45) is 5.92 Å². The van der Waals surface area contributed by atoms with E-state index >= 15 is 0 Å². The largest absolute Gasteiger partial charge is 0.394 e. The zero-order chi connectivity index (χ0) is 17.6. The van der Waals surface area contributed by atoms with Gasteiger partial charge in [0.05, 0.1) is 18.8 Å². The van der Waals surface area contributed by atoms with Crippen LogP contribution in [0, 0.1) is 5.92 Å². The summed E-state index contributed by atoms with van der Waals surface area (Å²) in [6, 6.07) is 3.08. The summed E-state index contributed by atoms with van der Waals surface area (Å²) in [6.07, 6.45) is 6.95. The summed E-state index contributed by atoms with van der Waals surface area (Å²) in [5, 5.41) is 15.5. The quantitative estimate of drug-likeness (QED) is 0.672. The fourth-order valence-electron chi connectivity index (χ4n) is 3.11. The van der Waals surface area contributed by atoms with E-state index in [1.165, 1.54) is 0 Å². The summed E-state index contributed by atoms with van der Waals surface area (Å²) in [4.78, 5) is 27.8. The number of aliphatic hydroxyl groups is 1. The Morgan fingerprint density at radius 1 is 1.20 bits per heavy atom.